The van der Waals surface area contributed by atoms with Crippen LogP contribution >= 0.6 is 11.8 Å². The van der Waals surface area contributed by atoms with Gasteiger partial charge in [-0.3, -0.25) is 9.69 Å². The molecular weight excluding hydrogens is 408 g/mol. The van der Waals surface area contributed by atoms with E-state index in [2.05, 4.69) is 22.1 Å². The summed E-state index contributed by atoms with van der Waals surface area (Å²) in [4.78, 5) is 19.5. The molecule has 1 atom stereocenters. The predicted molar refractivity (Wildman–Crippen MR) is 123 cm³/mol. The van der Waals surface area contributed by atoms with Gasteiger partial charge in [0.05, 0.1) is 5.69 Å². The highest BCUT2D eigenvalue weighted by molar-refractivity contribution is 7.99. The Morgan fingerprint density at radius 3 is 2.61 bits per heavy atom. The molecule has 1 amide bonds. The number of carbonyl (C=O) groups excluding carboxylic acids is 1. The van der Waals surface area contributed by atoms with E-state index < -0.39 is 6.23 Å². The van der Waals surface area contributed by atoms with E-state index in [4.69, 9.17) is 4.74 Å². The Bertz CT molecular complexity index is 1070. The van der Waals surface area contributed by atoms with Crippen molar-refractivity contribution in [2.75, 3.05) is 10.7 Å². The van der Waals surface area contributed by atoms with Gasteiger partial charge in [0.25, 0.3) is 0 Å². The third-order valence-corrected chi connectivity index (χ3v) is 6.10. The molecule has 2 aromatic carbocycles. The van der Waals surface area contributed by atoms with Gasteiger partial charge in [-0.25, -0.2) is 0 Å². The lowest BCUT2D eigenvalue weighted by atomic mass is 10.1. The van der Waals surface area contributed by atoms with Gasteiger partial charge in [0.15, 0.2) is 5.69 Å². The van der Waals surface area contributed by atoms with Crippen molar-refractivity contribution >= 4 is 23.4 Å². The average Bonchev–Trinajstić information content (AvgIpc) is 2.93. The number of aryl methyl sites for hydroxylation is 1. The minimum atomic E-state index is -0.638. The van der Waals surface area contributed by atoms with E-state index in [-0.39, 0.29) is 5.91 Å². The first-order chi connectivity index (χ1) is 15.1. The van der Waals surface area contributed by atoms with E-state index in [1.807, 2.05) is 62.4 Å². The number of aromatic nitrogens is 3. The van der Waals surface area contributed by atoms with Gasteiger partial charge in [-0.15, -0.1) is 10.2 Å². The number of thioether (sulfide) groups is 1. The number of nitrogens with zero attached hydrogens (tertiary/aromatic N) is 4. The highest BCUT2D eigenvalue weighted by Crippen LogP contribution is 2.43. The van der Waals surface area contributed by atoms with Crippen LogP contribution in [-0.2, 0) is 4.79 Å². The Kier molecular flexibility index (Phi) is 6.51. The second-order valence-corrected chi connectivity index (χ2v) is 8.53. The fourth-order valence-corrected chi connectivity index (χ4v) is 4.33. The zero-order chi connectivity index (χ0) is 21.8. The van der Waals surface area contributed by atoms with Crippen LogP contribution in [-0.4, -0.2) is 26.8 Å². The van der Waals surface area contributed by atoms with Gasteiger partial charge >= 0.3 is 0 Å². The molecule has 0 fully saturated rings. The fraction of sp³-hybridized carbons (Fsp3) is 0.333. The van der Waals surface area contributed by atoms with Crippen LogP contribution in [0.25, 0.3) is 11.3 Å². The minimum absolute atomic E-state index is 0.0312. The second kappa shape index (κ2) is 9.47. The third kappa shape index (κ3) is 4.42. The lowest BCUT2D eigenvalue weighted by Gasteiger charge is -2.30. The predicted octanol–water partition coefficient (Wildman–Crippen LogP) is 5.57. The van der Waals surface area contributed by atoms with E-state index in [9.17, 15) is 4.79 Å². The van der Waals surface area contributed by atoms with Crippen molar-refractivity contribution in [2.24, 2.45) is 0 Å². The molecule has 1 aliphatic heterocycles. The minimum Gasteiger partial charge on any atom is -0.447 e. The van der Waals surface area contributed by atoms with Crippen molar-refractivity contribution in [1.82, 2.24) is 15.2 Å². The molecular formula is C24H26N4O2S. The Balaban J connectivity index is 1.85. The highest BCUT2D eigenvalue weighted by Gasteiger charge is 2.35. The molecule has 0 N–H and O–H groups in total. The Morgan fingerprint density at radius 1 is 1.10 bits per heavy atom. The van der Waals surface area contributed by atoms with Crippen molar-refractivity contribution < 1.29 is 9.53 Å². The highest BCUT2D eigenvalue weighted by atomic mass is 32.2. The zero-order valence-electron chi connectivity index (χ0n) is 18.0. The third-order valence-electron chi connectivity index (χ3n) is 5.17. The molecule has 6 nitrogen and oxygen atoms in total. The number of ether oxygens (including phenoxy) is 1. The molecule has 0 aliphatic carbocycles. The molecule has 160 valence electrons. The van der Waals surface area contributed by atoms with Gasteiger partial charge in [0.1, 0.15) is 0 Å². The van der Waals surface area contributed by atoms with E-state index in [1.165, 1.54) is 0 Å². The number of hydrogen-bond donors (Lipinski definition) is 0. The van der Waals surface area contributed by atoms with Crippen LogP contribution in [0.5, 0.6) is 5.88 Å². The maximum atomic E-state index is 13.1. The first-order valence-corrected chi connectivity index (χ1v) is 11.6. The lowest BCUT2D eigenvalue weighted by Crippen LogP contribution is -2.37. The number of hydrogen-bond acceptors (Lipinski definition) is 6. The van der Waals surface area contributed by atoms with Gasteiger partial charge in [-0.1, -0.05) is 80.1 Å². The van der Waals surface area contributed by atoms with E-state index in [0.717, 1.165) is 41.0 Å². The van der Waals surface area contributed by atoms with Gasteiger partial charge in [0.2, 0.25) is 23.2 Å². The maximum absolute atomic E-state index is 13.1. The normalized spacial score (nSPS) is 14.9. The van der Waals surface area contributed by atoms with Crippen LogP contribution in [0, 0.1) is 6.92 Å². The smallest absolute Gasteiger partial charge is 0.247 e. The van der Waals surface area contributed by atoms with Crippen LogP contribution in [0.4, 0.5) is 5.69 Å². The van der Waals surface area contributed by atoms with Crippen LogP contribution < -0.4 is 9.64 Å². The summed E-state index contributed by atoms with van der Waals surface area (Å²) in [7, 11) is 0. The van der Waals surface area contributed by atoms with Crippen LogP contribution in [0.15, 0.2) is 53.7 Å². The number of unbranched alkanes of at least 4 members (excludes halogenated alkanes) is 1. The van der Waals surface area contributed by atoms with E-state index >= 15 is 0 Å². The molecule has 4 rings (SSSR count). The van der Waals surface area contributed by atoms with Crippen LogP contribution in [0.1, 0.15) is 50.5 Å². The van der Waals surface area contributed by atoms with Crippen LogP contribution in [0.3, 0.4) is 0 Å². The van der Waals surface area contributed by atoms with Crippen molar-refractivity contribution in [2.45, 2.75) is 51.4 Å². The Morgan fingerprint density at radius 2 is 1.87 bits per heavy atom. The summed E-state index contributed by atoms with van der Waals surface area (Å²) in [6.45, 7) is 6.05. The van der Waals surface area contributed by atoms with Gasteiger partial charge in [-0.2, -0.15) is 4.98 Å². The van der Waals surface area contributed by atoms with E-state index in [0.29, 0.717) is 23.2 Å². The summed E-state index contributed by atoms with van der Waals surface area (Å²) in [5.74, 6) is 1.30. The van der Waals surface area contributed by atoms with Gasteiger partial charge in [0, 0.05) is 23.3 Å². The van der Waals surface area contributed by atoms with Crippen molar-refractivity contribution in [3.8, 4) is 17.1 Å². The summed E-state index contributed by atoms with van der Waals surface area (Å²) < 4.78 is 6.43. The van der Waals surface area contributed by atoms with Crippen molar-refractivity contribution in [3.63, 3.8) is 0 Å². The van der Waals surface area contributed by atoms with Crippen LogP contribution in [0.2, 0.25) is 0 Å². The number of rotatable bonds is 6. The molecule has 0 radical (unpaired) electrons. The van der Waals surface area contributed by atoms with Crippen molar-refractivity contribution in [1.29, 1.82) is 0 Å². The molecule has 0 saturated carbocycles. The molecule has 0 spiro atoms. The second-order valence-electron chi connectivity index (χ2n) is 7.47. The summed E-state index contributed by atoms with van der Waals surface area (Å²) in [5.41, 5.74) is 4.12. The molecule has 0 saturated heterocycles. The van der Waals surface area contributed by atoms with Gasteiger partial charge in [-0.05, 0) is 19.4 Å². The summed E-state index contributed by atoms with van der Waals surface area (Å²) in [6, 6.07) is 15.7. The molecule has 3 aromatic rings. The largest absolute Gasteiger partial charge is 0.447 e. The zero-order valence-corrected chi connectivity index (χ0v) is 18.9. The summed E-state index contributed by atoms with van der Waals surface area (Å²) >= 11 is 1.57. The Hall–Kier alpha value is -2.93. The maximum Gasteiger partial charge on any atom is 0.247 e. The molecule has 0 unspecified atom stereocenters. The standard InChI is InChI=1S/C24H26N4O2S/c1-4-6-15-31-24-25-22-21(26-27-24)18-9-7-8-10-19(18)28(20(29)5-2)23(30-22)17-13-11-16(3)12-14-17/h7-14,23H,4-6,15H2,1-3H3/t23-/m1/s1. The quantitative estimate of drug-likeness (QED) is 0.373. The first-order valence-electron chi connectivity index (χ1n) is 10.6. The number of fused-ring (bicyclic) bond motifs is 3. The number of carbonyl (C=O) groups is 1. The first kappa shape index (κ1) is 21.3. The number of anilines is 1. The number of para-hydroxylation sites is 1. The number of amides is 1. The lowest BCUT2D eigenvalue weighted by molar-refractivity contribution is -0.120. The molecule has 1 aliphatic rings. The molecule has 0 bridgehead atoms. The summed E-state index contributed by atoms with van der Waals surface area (Å²) in [6.07, 6.45) is 1.91. The van der Waals surface area contributed by atoms with Crippen molar-refractivity contribution in [3.05, 3.63) is 59.7 Å². The molecule has 31 heavy (non-hydrogen) atoms. The monoisotopic (exact) mass is 434 g/mol. The number of benzene rings is 2. The summed E-state index contributed by atoms with van der Waals surface area (Å²) in [5, 5.41) is 9.37. The molecule has 2 heterocycles. The topological polar surface area (TPSA) is 68.2 Å². The van der Waals surface area contributed by atoms with Gasteiger partial charge < -0.3 is 4.74 Å². The van der Waals surface area contributed by atoms with E-state index in [1.54, 1.807) is 16.7 Å². The average molecular weight is 435 g/mol. The fourth-order valence-electron chi connectivity index (χ4n) is 3.47. The SMILES string of the molecule is CCCCSc1nnc2c(n1)O[C@H](c1ccc(C)cc1)N(C(=O)CC)c1ccccc1-2. The molecule has 7 heteroatoms. The molecule has 1 aromatic heterocycles. The Labute approximate surface area is 187 Å².